The Hall–Kier alpha value is -3.62. The maximum atomic E-state index is 14.6. The molecule has 2 aromatic carbocycles. The molecule has 1 amide bonds. The number of halogens is 8. The van der Waals surface area contributed by atoms with Gasteiger partial charge in [-0.15, -0.1) is 0 Å². The molecule has 15 heteroatoms. The molecule has 0 saturated heterocycles. The number of carbonyl (C=O) groups excluding carboxylic acids is 1. The quantitative estimate of drug-likeness (QED) is 0.259. The molecule has 1 fully saturated rings. The average Bonchev–Trinajstić information content (AvgIpc) is 2.92. The first-order valence-corrected chi connectivity index (χ1v) is 13.5. The number of hydrogen-bond donors (Lipinski definition) is 1. The molecule has 0 atom stereocenters. The first-order valence-electron chi connectivity index (χ1n) is 12.0. The van der Waals surface area contributed by atoms with E-state index in [2.05, 4.69) is 15.5 Å². The number of hydrogen-bond acceptors (Lipinski definition) is 5. The molecule has 0 aliphatic heterocycles. The van der Waals surface area contributed by atoms with Crippen LogP contribution in [0.2, 0.25) is 0 Å². The first-order chi connectivity index (χ1) is 19.0. The monoisotopic (exact) mass is 607 g/mol. The number of carbonyl (C=O) groups is 1. The van der Waals surface area contributed by atoms with E-state index in [0.717, 1.165) is 24.3 Å². The van der Waals surface area contributed by atoms with Gasteiger partial charge in [0, 0.05) is 11.5 Å². The summed E-state index contributed by atoms with van der Waals surface area (Å²) in [5.41, 5.74) is -7.33. The van der Waals surface area contributed by atoms with Gasteiger partial charge in [-0.1, -0.05) is 24.3 Å². The molecule has 0 spiro atoms. The molecule has 1 aromatic heterocycles. The van der Waals surface area contributed by atoms with Crippen molar-refractivity contribution in [3.05, 3.63) is 83.9 Å². The Morgan fingerprint density at radius 2 is 1.39 bits per heavy atom. The molecule has 1 aliphatic carbocycles. The van der Waals surface area contributed by atoms with Crippen molar-refractivity contribution >= 4 is 21.4 Å². The molecule has 1 saturated carbocycles. The van der Waals surface area contributed by atoms with Gasteiger partial charge in [-0.2, -0.15) is 36.5 Å². The number of nitrogens with one attached hydrogen (secondary N) is 1. The van der Waals surface area contributed by atoms with Gasteiger partial charge >= 0.3 is 18.0 Å². The van der Waals surface area contributed by atoms with Crippen LogP contribution in [0.4, 0.5) is 40.8 Å². The zero-order valence-electron chi connectivity index (χ0n) is 20.8. The number of benzene rings is 2. The molecule has 0 unspecified atom stereocenters. The molecule has 1 N–H and O–H groups in total. The smallest absolute Gasteiger partial charge is 0.324 e. The number of sulfone groups is 1. The fourth-order valence-electron chi connectivity index (χ4n) is 5.00. The summed E-state index contributed by atoms with van der Waals surface area (Å²) in [5.74, 6) is -1.90. The second-order valence-electron chi connectivity index (χ2n) is 9.58. The van der Waals surface area contributed by atoms with Crippen molar-refractivity contribution in [3.8, 4) is 0 Å². The number of anilines is 1. The van der Waals surface area contributed by atoms with Crippen LogP contribution in [-0.2, 0) is 25.0 Å². The Kier molecular flexibility index (Phi) is 7.88. The summed E-state index contributed by atoms with van der Waals surface area (Å²) in [6.07, 6.45) is -10.7. The van der Waals surface area contributed by atoms with E-state index in [1.165, 1.54) is 18.5 Å². The highest BCUT2D eigenvalue weighted by atomic mass is 32.2. The molecule has 41 heavy (non-hydrogen) atoms. The summed E-state index contributed by atoms with van der Waals surface area (Å²) in [5, 5.41) is 9.84. The summed E-state index contributed by atoms with van der Waals surface area (Å²) in [4.78, 5) is 12.5. The molecule has 1 heterocycles. The molecule has 1 aliphatic rings. The number of rotatable bonds is 6. The Labute approximate surface area is 228 Å². The predicted molar refractivity (Wildman–Crippen MR) is 129 cm³/mol. The van der Waals surface area contributed by atoms with Crippen molar-refractivity contribution < 1.29 is 48.3 Å². The maximum Gasteiger partial charge on any atom is 0.435 e. The van der Waals surface area contributed by atoms with E-state index >= 15 is 0 Å². The Balaban J connectivity index is 1.73. The number of aromatic nitrogens is 2. The maximum absolute atomic E-state index is 14.6. The lowest BCUT2D eigenvalue weighted by Crippen LogP contribution is -2.50. The average molecular weight is 608 g/mol. The van der Waals surface area contributed by atoms with Gasteiger partial charge in [-0.25, -0.2) is 17.2 Å². The largest absolute Gasteiger partial charge is 0.435 e. The van der Waals surface area contributed by atoms with E-state index in [-0.39, 0.29) is 48.3 Å². The Morgan fingerprint density at radius 1 is 0.829 bits per heavy atom. The van der Waals surface area contributed by atoms with Crippen LogP contribution in [-0.4, -0.2) is 36.9 Å². The van der Waals surface area contributed by atoms with Gasteiger partial charge in [0.25, 0.3) is 0 Å². The molecule has 0 bridgehead atoms. The molecule has 4 rings (SSSR count). The summed E-state index contributed by atoms with van der Waals surface area (Å²) in [6.45, 7) is 0. The van der Waals surface area contributed by atoms with Gasteiger partial charge in [-0.3, -0.25) is 4.79 Å². The van der Waals surface area contributed by atoms with E-state index in [1.807, 2.05) is 0 Å². The van der Waals surface area contributed by atoms with Gasteiger partial charge in [0.1, 0.15) is 10.6 Å². The van der Waals surface area contributed by atoms with Crippen LogP contribution in [0.5, 0.6) is 0 Å². The lowest BCUT2D eigenvalue weighted by Gasteiger charge is -2.40. The highest BCUT2D eigenvalue weighted by Gasteiger charge is 2.73. The van der Waals surface area contributed by atoms with Crippen LogP contribution in [0, 0.1) is 11.7 Å². The van der Waals surface area contributed by atoms with Crippen LogP contribution in [0.25, 0.3) is 0 Å². The van der Waals surface area contributed by atoms with Crippen molar-refractivity contribution in [1.29, 1.82) is 0 Å². The SMILES string of the molecule is O=C(Nc1ccnnc1)C1CCC(c2ccc(C(F)(C(F)(F)F)C(F)(F)F)cc2)(S(=O)(=O)c2ccc(F)cc2)CC1. The third kappa shape index (κ3) is 5.38. The second-order valence-corrected chi connectivity index (χ2v) is 11.8. The fourth-order valence-corrected chi connectivity index (χ4v) is 7.16. The Bertz CT molecular complexity index is 1470. The second kappa shape index (κ2) is 10.7. The van der Waals surface area contributed by atoms with Crippen molar-refractivity contribution in [2.24, 2.45) is 5.92 Å². The summed E-state index contributed by atoms with van der Waals surface area (Å²) >= 11 is 0. The van der Waals surface area contributed by atoms with Crippen LogP contribution in [0.15, 0.2) is 71.9 Å². The molecule has 0 radical (unpaired) electrons. The molecule has 3 aromatic rings. The highest BCUT2D eigenvalue weighted by Crippen LogP contribution is 2.54. The normalized spacial score (nSPS) is 20.4. The lowest BCUT2D eigenvalue weighted by atomic mass is 9.77. The topological polar surface area (TPSA) is 89.0 Å². The third-order valence-corrected chi connectivity index (χ3v) is 9.81. The van der Waals surface area contributed by atoms with Gasteiger partial charge in [0.15, 0.2) is 9.84 Å². The van der Waals surface area contributed by atoms with Crippen LogP contribution >= 0.6 is 0 Å². The van der Waals surface area contributed by atoms with Gasteiger partial charge in [0.05, 0.1) is 23.0 Å². The zero-order valence-corrected chi connectivity index (χ0v) is 21.6. The lowest BCUT2D eigenvalue weighted by molar-refractivity contribution is -0.348. The number of alkyl halides is 7. The van der Waals surface area contributed by atoms with E-state index < -0.39 is 55.8 Å². The number of amides is 1. The standard InChI is InChI=1S/C26H21F8N3O3S/c27-19-5-7-21(8-6-19)41(39,40)23(12-9-16(10-13-23)22(38)37-20-11-14-35-36-15-20)17-1-3-18(4-2-17)24(28,25(29,30)31)26(32,33)34/h1-8,11,14-16H,9-10,12-13H2,(H,35,37,38). The van der Waals surface area contributed by atoms with Crippen LogP contribution in [0.3, 0.4) is 0 Å². The van der Waals surface area contributed by atoms with Crippen molar-refractivity contribution in [3.63, 3.8) is 0 Å². The summed E-state index contributed by atoms with van der Waals surface area (Å²) < 4.78 is 134. The van der Waals surface area contributed by atoms with E-state index in [0.29, 0.717) is 17.8 Å². The minimum atomic E-state index is -6.35. The van der Waals surface area contributed by atoms with E-state index in [4.69, 9.17) is 0 Å². The van der Waals surface area contributed by atoms with E-state index in [9.17, 15) is 48.3 Å². The van der Waals surface area contributed by atoms with Gasteiger partial charge < -0.3 is 5.32 Å². The zero-order chi connectivity index (χ0) is 30.3. The molecular formula is C26H21F8N3O3S. The van der Waals surface area contributed by atoms with Gasteiger partial charge in [0.2, 0.25) is 5.91 Å². The first kappa shape index (κ1) is 30.3. The molecular weight excluding hydrogens is 586 g/mol. The van der Waals surface area contributed by atoms with Crippen LogP contribution in [0.1, 0.15) is 36.8 Å². The summed E-state index contributed by atoms with van der Waals surface area (Å²) in [6, 6.07) is 7.15. The summed E-state index contributed by atoms with van der Waals surface area (Å²) in [7, 11) is -4.46. The van der Waals surface area contributed by atoms with E-state index in [1.54, 1.807) is 0 Å². The van der Waals surface area contributed by atoms with Gasteiger partial charge in [-0.05, 0) is 61.6 Å². The van der Waals surface area contributed by atoms with Crippen molar-refractivity contribution in [2.75, 3.05) is 5.32 Å². The van der Waals surface area contributed by atoms with Crippen LogP contribution < -0.4 is 5.32 Å². The van der Waals surface area contributed by atoms with Crippen molar-refractivity contribution in [1.82, 2.24) is 10.2 Å². The molecule has 220 valence electrons. The highest BCUT2D eigenvalue weighted by molar-refractivity contribution is 7.92. The third-order valence-electron chi connectivity index (χ3n) is 7.24. The minimum Gasteiger partial charge on any atom is -0.324 e. The Morgan fingerprint density at radius 3 is 1.88 bits per heavy atom. The number of nitrogens with zero attached hydrogens (tertiary/aromatic N) is 2. The fraction of sp³-hybridized carbons (Fsp3) is 0.346. The minimum absolute atomic E-state index is 0.0370. The predicted octanol–water partition coefficient (Wildman–Crippen LogP) is 6.40. The van der Waals surface area contributed by atoms with Crippen molar-refractivity contribution in [2.45, 2.75) is 53.3 Å². The molecule has 6 nitrogen and oxygen atoms in total.